The number of fused-ring (bicyclic) bond motifs is 2. The molecule has 3 aromatic rings. The molecule has 0 radical (unpaired) electrons. The fourth-order valence-electron chi connectivity index (χ4n) is 2.80. The SMILES string of the molecule is c1ccc2c(c1)OCCC2Nc1cnnc2ccccc12. The van der Waals surface area contributed by atoms with Crippen LogP contribution in [0.4, 0.5) is 5.69 Å². The van der Waals surface area contributed by atoms with Crippen LogP contribution in [0.3, 0.4) is 0 Å². The Labute approximate surface area is 122 Å². The lowest BCUT2D eigenvalue weighted by Gasteiger charge is -2.27. The number of ether oxygens (including phenoxy) is 1. The van der Waals surface area contributed by atoms with E-state index in [2.05, 4.69) is 27.6 Å². The van der Waals surface area contributed by atoms with E-state index in [1.54, 1.807) is 6.20 Å². The van der Waals surface area contributed by atoms with Gasteiger partial charge in [-0.05, 0) is 12.1 Å². The fraction of sp³-hybridized carbons (Fsp3) is 0.176. The Hall–Kier alpha value is -2.62. The summed E-state index contributed by atoms with van der Waals surface area (Å²) in [5, 5.41) is 12.9. The van der Waals surface area contributed by atoms with Crippen molar-refractivity contribution in [3.05, 3.63) is 60.3 Å². The van der Waals surface area contributed by atoms with Gasteiger partial charge in [0.2, 0.25) is 0 Å². The normalized spacial score (nSPS) is 17.0. The molecule has 4 heteroatoms. The third kappa shape index (κ3) is 2.18. The quantitative estimate of drug-likeness (QED) is 0.778. The lowest BCUT2D eigenvalue weighted by Crippen LogP contribution is -2.20. The molecular weight excluding hydrogens is 262 g/mol. The Morgan fingerprint density at radius 3 is 2.90 bits per heavy atom. The molecule has 4 nitrogen and oxygen atoms in total. The Bertz CT molecular complexity index is 782. The van der Waals surface area contributed by atoms with Crippen LogP contribution >= 0.6 is 0 Å². The summed E-state index contributed by atoms with van der Waals surface area (Å²) >= 11 is 0. The van der Waals surface area contributed by atoms with Crippen molar-refractivity contribution in [3.8, 4) is 5.75 Å². The summed E-state index contributed by atoms with van der Waals surface area (Å²) in [6.45, 7) is 0.727. The number of aromatic nitrogens is 2. The maximum Gasteiger partial charge on any atom is 0.124 e. The molecule has 1 aromatic heterocycles. The molecule has 0 aliphatic carbocycles. The standard InChI is InChI=1S/C17H15N3O/c1-3-7-15-12(5-1)16(11-18-20-15)19-14-9-10-21-17-8-4-2-6-13(14)17/h1-8,11,14H,9-10H2,(H,19,20). The molecule has 0 amide bonds. The first kappa shape index (κ1) is 12.1. The smallest absolute Gasteiger partial charge is 0.124 e. The predicted octanol–water partition coefficient (Wildman–Crippen LogP) is 3.57. The van der Waals surface area contributed by atoms with E-state index in [4.69, 9.17) is 4.74 Å². The molecule has 1 aliphatic heterocycles. The van der Waals surface area contributed by atoms with Gasteiger partial charge in [0.25, 0.3) is 0 Å². The summed E-state index contributed by atoms with van der Waals surface area (Å²) in [5.74, 6) is 0.965. The van der Waals surface area contributed by atoms with Crippen molar-refractivity contribution in [2.75, 3.05) is 11.9 Å². The molecule has 0 spiro atoms. The first-order valence-electron chi connectivity index (χ1n) is 7.10. The molecule has 1 unspecified atom stereocenters. The van der Waals surface area contributed by atoms with E-state index in [9.17, 15) is 0 Å². The second kappa shape index (κ2) is 5.05. The van der Waals surface area contributed by atoms with Crippen LogP contribution in [0.5, 0.6) is 5.75 Å². The minimum Gasteiger partial charge on any atom is -0.493 e. The van der Waals surface area contributed by atoms with Crippen molar-refractivity contribution in [2.45, 2.75) is 12.5 Å². The number of nitrogens with zero attached hydrogens (tertiary/aromatic N) is 2. The summed E-state index contributed by atoms with van der Waals surface area (Å²) in [6.07, 6.45) is 2.73. The third-order valence-electron chi connectivity index (χ3n) is 3.83. The average Bonchev–Trinajstić information content (AvgIpc) is 2.56. The van der Waals surface area contributed by atoms with Crippen LogP contribution in [0.1, 0.15) is 18.0 Å². The highest BCUT2D eigenvalue weighted by Crippen LogP contribution is 2.35. The Balaban J connectivity index is 1.73. The number of rotatable bonds is 2. The molecule has 0 saturated heterocycles. The molecule has 0 bridgehead atoms. The van der Waals surface area contributed by atoms with Crippen molar-refractivity contribution in [3.63, 3.8) is 0 Å². The van der Waals surface area contributed by atoms with Gasteiger partial charge in [-0.25, -0.2) is 0 Å². The second-order valence-corrected chi connectivity index (χ2v) is 5.15. The van der Waals surface area contributed by atoms with Gasteiger partial charge < -0.3 is 10.1 Å². The summed E-state index contributed by atoms with van der Waals surface area (Å²) in [4.78, 5) is 0. The fourth-order valence-corrected chi connectivity index (χ4v) is 2.80. The number of hydrogen-bond acceptors (Lipinski definition) is 4. The van der Waals surface area contributed by atoms with Crippen LogP contribution in [-0.4, -0.2) is 16.8 Å². The topological polar surface area (TPSA) is 47.0 Å². The molecule has 1 atom stereocenters. The van der Waals surface area contributed by atoms with Crippen LogP contribution in [-0.2, 0) is 0 Å². The van der Waals surface area contributed by atoms with Gasteiger partial charge in [-0.3, -0.25) is 0 Å². The molecule has 2 heterocycles. The van der Waals surface area contributed by atoms with Gasteiger partial charge in [-0.2, -0.15) is 10.2 Å². The number of benzene rings is 2. The van der Waals surface area contributed by atoms with Crippen LogP contribution in [0.25, 0.3) is 10.9 Å². The van der Waals surface area contributed by atoms with Crippen molar-refractivity contribution in [2.24, 2.45) is 0 Å². The van der Waals surface area contributed by atoms with Gasteiger partial charge in [0, 0.05) is 17.4 Å². The van der Waals surface area contributed by atoms with Crippen molar-refractivity contribution in [1.29, 1.82) is 0 Å². The van der Waals surface area contributed by atoms with Gasteiger partial charge in [-0.1, -0.05) is 36.4 Å². The van der Waals surface area contributed by atoms with Gasteiger partial charge in [0.1, 0.15) is 5.75 Å². The molecule has 1 N–H and O–H groups in total. The van der Waals surface area contributed by atoms with E-state index in [-0.39, 0.29) is 6.04 Å². The Morgan fingerprint density at radius 1 is 1.05 bits per heavy atom. The van der Waals surface area contributed by atoms with Crippen LogP contribution < -0.4 is 10.1 Å². The van der Waals surface area contributed by atoms with Crippen LogP contribution in [0.2, 0.25) is 0 Å². The van der Waals surface area contributed by atoms with E-state index < -0.39 is 0 Å². The first-order valence-corrected chi connectivity index (χ1v) is 7.10. The number of hydrogen-bond donors (Lipinski definition) is 1. The molecule has 0 fully saturated rings. The van der Waals surface area contributed by atoms with E-state index in [0.29, 0.717) is 0 Å². The van der Waals surface area contributed by atoms with Gasteiger partial charge in [-0.15, -0.1) is 0 Å². The lowest BCUT2D eigenvalue weighted by molar-refractivity contribution is 0.274. The molecule has 2 aromatic carbocycles. The molecule has 1 aliphatic rings. The summed E-state index contributed by atoms with van der Waals surface area (Å²) in [7, 11) is 0. The molecular formula is C17H15N3O. The molecule has 104 valence electrons. The monoisotopic (exact) mass is 277 g/mol. The Kier molecular flexibility index (Phi) is 2.92. The molecule has 21 heavy (non-hydrogen) atoms. The zero-order valence-corrected chi connectivity index (χ0v) is 11.5. The van der Waals surface area contributed by atoms with Crippen molar-refractivity contribution >= 4 is 16.6 Å². The maximum absolute atomic E-state index is 5.71. The predicted molar refractivity (Wildman–Crippen MR) is 82.5 cm³/mol. The van der Waals surface area contributed by atoms with E-state index >= 15 is 0 Å². The Morgan fingerprint density at radius 2 is 1.90 bits per heavy atom. The largest absolute Gasteiger partial charge is 0.493 e. The van der Waals surface area contributed by atoms with Crippen LogP contribution in [0, 0.1) is 0 Å². The zero-order valence-electron chi connectivity index (χ0n) is 11.5. The highest BCUT2D eigenvalue weighted by atomic mass is 16.5. The molecule has 4 rings (SSSR count). The van der Waals surface area contributed by atoms with E-state index in [1.807, 2.05) is 36.4 Å². The summed E-state index contributed by atoms with van der Waals surface area (Å²) in [5.41, 5.74) is 3.12. The van der Waals surface area contributed by atoms with Gasteiger partial charge >= 0.3 is 0 Å². The van der Waals surface area contributed by atoms with Gasteiger partial charge in [0.05, 0.1) is 30.0 Å². The minimum atomic E-state index is 0.238. The van der Waals surface area contributed by atoms with E-state index in [0.717, 1.165) is 35.4 Å². The number of nitrogens with one attached hydrogen (secondary N) is 1. The summed E-state index contributed by atoms with van der Waals surface area (Å²) < 4.78 is 5.71. The highest BCUT2D eigenvalue weighted by molar-refractivity contribution is 5.90. The average molecular weight is 277 g/mol. The second-order valence-electron chi connectivity index (χ2n) is 5.15. The summed E-state index contributed by atoms with van der Waals surface area (Å²) in [6, 6.07) is 16.5. The number of anilines is 1. The van der Waals surface area contributed by atoms with Crippen molar-refractivity contribution < 1.29 is 4.74 Å². The maximum atomic E-state index is 5.71. The lowest BCUT2D eigenvalue weighted by atomic mass is 10.00. The van der Waals surface area contributed by atoms with Gasteiger partial charge in [0.15, 0.2) is 0 Å². The van der Waals surface area contributed by atoms with Crippen LogP contribution in [0.15, 0.2) is 54.7 Å². The highest BCUT2D eigenvalue weighted by Gasteiger charge is 2.21. The zero-order chi connectivity index (χ0) is 14.1. The number of para-hydroxylation sites is 1. The van der Waals surface area contributed by atoms with E-state index in [1.165, 1.54) is 5.56 Å². The minimum absolute atomic E-state index is 0.238. The third-order valence-corrected chi connectivity index (χ3v) is 3.83. The van der Waals surface area contributed by atoms with Crippen molar-refractivity contribution in [1.82, 2.24) is 10.2 Å². The first-order chi connectivity index (χ1) is 10.4. The molecule has 0 saturated carbocycles.